The molecule has 2 aromatic carbocycles. The minimum absolute atomic E-state index is 0.193. The molecule has 4 heteroatoms. The third-order valence-electron chi connectivity index (χ3n) is 3.43. The van der Waals surface area contributed by atoms with E-state index in [0.717, 1.165) is 11.1 Å². The van der Waals surface area contributed by atoms with E-state index in [1.54, 1.807) is 12.1 Å². The highest BCUT2D eigenvalue weighted by molar-refractivity contribution is 6.04. The van der Waals surface area contributed by atoms with Crippen molar-refractivity contribution >= 4 is 17.4 Å². The minimum Gasteiger partial charge on any atom is -0.307 e. The van der Waals surface area contributed by atoms with Crippen molar-refractivity contribution in [2.45, 2.75) is 13.8 Å². The zero-order chi connectivity index (χ0) is 17.5. The number of carbonyl (C=O) groups is 1. The second kappa shape index (κ2) is 7.80. The minimum atomic E-state index is -0.405. The maximum absolute atomic E-state index is 12.7. The van der Waals surface area contributed by atoms with Gasteiger partial charge in [0.05, 0.1) is 5.69 Å². The molecule has 1 N–H and O–H groups in total. The van der Waals surface area contributed by atoms with Crippen LogP contribution < -0.4 is 10.2 Å². The number of rotatable bonds is 4. The van der Waals surface area contributed by atoms with Crippen LogP contribution in [0.1, 0.15) is 11.1 Å². The Morgan fingerprint density at radius 3 is 2.12 bits per heavy atom. The summed E-state index contributed by atoms with van der Waals surface area (Å²) in [4.78, 5) is 14.1. The molecule has 24 heavy (non-hydrogen) atoms. The monoisotopic (exact) mass is 317 g/mol. The number of urea groups is 1. The van der Waals surface area contributed by atoms with Crippen LogP contribution in [0.3, 0.4) is 0 Å². The van der Waals surface area contributed by atoms with Gasteiger partial charge in [-0.25, -0.2) is 4.79 Å². The third-order valence-corrected chi connectivity index (χ3v) is 3.43. The number of aryl methyl sites for hydroxylation is 2. The number of amides is 2. The number of hydrogen-bond donors (Lipinski definition) is 1. The van der Waals surface area contributed by atoms with Gasteiger partial charge in [-0.2, -0.15) is 5.26 Å². The van der Waals surface area contributed by atoms with E-state index in [1.165, 1.54) is 17.1 Å². The molecule has 0 aromatic heterocycles. The van der Waals surface area contributed by atoms with Crippen molar-refractivity contribution in [3.8, 4) is 6.07 Å². The van der Waals surface area contributed by atoms with E-state index in [-0.39, 0.29) is 5.70 Å². The van der Waals surface area contributed by atoms with Gasteiger partial charge in [0.1, 0.15) is 11.8 Å². The van der Waals surface area contributed by atoms with Gasteiger partial charge in [0.25, 0.3) is 0 Å². The van der Waals surface area contributed by atoms with Gasteiger partial charge in [0.15, 0.2) is 0 Å². The molecule has 0 radical (unpaired) electrons. The number of nitrogens with one attached hydrogen (secondary N) is 1. The summed E-state index contributed by atoms with van der Waals surface area (Å²) in [5, 5.41) is 12.2. The average Bonchev–Trinajstić information content (AvgIpc) is 2.58. The smallest absolute Gasteiger partial charge is 0.307 e. The first-order valence-corrected chi connectivity index (χ1v) is 7.52. The average molecular weight is 317 g/mol. The molecule has 0 spiro atoms. The predicted molar refractivity (Wildman–Crippen MR) is 97.7 cm³/mol. The largest absolute Gasteiger partial charge is 0.331 e. The van der Waals surface area contributed by atoms with Crippen LogP contribution >= 0.6 is 0 Å². The summed E-state index contributed by atoms with van der Waals surface area (Å²) in [5.41, 5.74) is 3.65. The van der Waals surface area contributed by atoms with Crippen LogP contribution in [0.4, 0.5) is 16.2 Å². The van der Waals surface area contributed by atoms with Crippen LogP contribution in [0.5, 0.6) is 0 Å². The quantitative estimate of drug-likeness (QED) is 0.641. The van der Waals surface area contributed by atoms with Crippen LogP contribution in [-0.4, -0.2) is 6.03 Å². The number of carbonyl (C=O) groups excluding carboxylic acids is 1. The first-order valence-electron chi connectivity index (χ1n) is 7.52. The summed E-state index contributed by atoms with van der Waals surface area (Å²) in [7, 11) is 0. The summed E-state index contributed by atoms with van der Waals surface area (Å²) < 4.78 is 0. The number of nitrogens with zero attached hydrogens (tertiary/aromatic N) is 2. The van der Waals surface area contributed by atoms with E-state index in [4.69, 9.17) is 0 Å². The van der Waals surface area contributed by atoms with Gasteiger partial charge in [-0.15, -0.1) is 0 Å². The van der Waals surface area contributed by atoms with Crippen molar-refractivity contribution in [2.24, 2.45) is 0 Å². The number of allylic oxidation sites excluding steroid dienone is 3. The third kappa shape index (κ3) is 4.11. The molecule has 2 amide bonds. The highest BCUT2D eigenvalue weighted by atomic mass is 16.2. The van der Waals surface area contributed by atoms with Crippen molar-refractivity contribution in [3.05, 3.63) is 84.1 Å². The SMILES string of the molecule is C=C/C=C(\C#N)N(C(=O)Nc1ccc(C)cc1)c1ccc(C)cc1. The Morgan fingerprint density at radius 2 is 1.62 bits per heavy atom. The summed E-state index contributed by atoms with van der Waals surface area (Å²) in [6.45, 7) is 7.55. The highest BCUT2D eigenvalue weighted by Crippen LogP contribution is 2.22. The fourth-order valence-electron chi connectivity index (χ4n) is 2.15. The molecule has 2 rings (SSSR count). The van der Waals surface area contributed by atoms with Gasteiger partial charge in [0.2, 0.25) is 0 Å². The van der Waals surface area contributed by atoms with Crippen molar-refractivity contribution in [1.29, 1.82) is 5.26 Å². The molecule has 0 fully saturated rings. The predicted octanol–water partition coefficient (Wildman–Crippen LogP) is 4.94. The fourth-order valence-corrected chi connectivity index (χ4v) is 2.15. The molecule has 2 aromatic rings. The highest BCUT2D eigenvalue weighted by Gasteiger charge is 2.20. The molecule has 0 aliphatic rings. The van der Waals surface area contributed by atoms with Crippen molar-refractivity contribution in [2.75, 3.05) is 10.2 Å². The summed E-state index contributed by atoms with van der Waals surface area (Å²) in [5.74, 6) is 0. The molecular weight excluding hydrogens is 298 g/mol. The molecule has 0 aliphatic heterocycles. The Labute approximate surface area is 142 Å². The van der Waals surface area contributed by atoms with E-state index >= 15 is 0 Å². The summed E-state index contributed by atoms with van der Waals surface area (Å²) in [6, 6.07) is 16.5. The second-order valence-corrected chi connectivity index (χ2v) is 5.37. The van der Waals surface area contributed by atoms with E-state index in [2.05, 4.69) is 11.9 Å². The lowest BCUT2D eigenvalue weighted by molar-refractivity contribution is 0.258. The summed E-state index contributed by atoms with van der Waals surface area (Å²) >= 11 is 0. The molecule has 0 bridgehead atoms. The number of hydrogen-bond acceptors (Lipinski definition) is 2. The number of nitriles is 1. The van der Waals surface area contributed by atoms with Crippen LogP contribution in [0.25, 0.3) is 0 Å². The fraction of sp³-hybridized carbons (Fsp3) is 0.100. The normalized spacial score (nSPS) is 10.6. The molecule has 120 valence electrons. The van der Waals surface area contributed by atoms with Crippen molar-refractivity contribution in [3.63, 3.8) is 0 Å². The Kier molecular flexibility index (Phi) is 5.54. The molecule has 0 saturated heterocycles. The standard InChI is InChI=1S/C20H19N3O/c1-4-5-19(14-21)23(18-12-8-16(3)9-13-18)20(24)22-17-10-6-15(2)7-11-17/h4-13H,1H2,2-3H3,(H,22,24)/b19-5+. The van der Waals surface area contributed by atoms with E-state index in [0.29, 0.717) is 11.4 Å². The van der Waals surface area contributed by atoms with E-state index in [1.807, 2.05) is 56.3 Å². The van der Waals surface area contributed by atoms with Crippen LogP contribution in [0.2, 0.25) is 0 Å². The molecule has 0 saturated carbocycles. The van der Waals surface area contributed by atoms with Crippen LogP contribution in [0, 0.1) is 25.2 Å². The van der Waals surface area contributed by atoms with Crippen molar-refractivity contribution < 1.29 is 4.79 Å². The maximum atomic E-state index is 12.7. The lowest BCUT2D eigenvalue weighted by Crippen LogP contribution is -2.34. The van der Waals surface area contributed by atoms with E-state index < -0.39 is 6.03 Å². The Bertz CT molecular complexity index is 796. The zero-order valence-corrected chi connectivity index (χ0v) is 13.8. The Balaban J connectivity index is 2.37. The van der Waals surface area contributed by atoms with Gasteiger partial charge in [-0.05, 0) is 44.2 Å². The molecule has 0 heterocycles. The second-order valence-electron chi connectivity index (χ2n) is 5.37. The lowest BCUT2D eigenvalue weighted by atomic mass is 10.2. The molecular formula is C20H19N3O. The van der Waals surface area contributed by atoms with Gasteiger partial charge >= 0.3 is 6.03 Å². The van der Waals surface area contributed by atoms with Crippen LogP contribution in [0.15, 0.2) is 73.0 Å². The molecule has 0 unspecified atom stereocenters. The maximum Gasteiger partial charge on any atom is 0.331 e. The van der Waals surface area contributed by atoms with Crippen molar-refractivity contribution in [1.82, 2.24) is 0 Å². The Morgan fingerprint density at radius 1 is 1.08 bits per heavy atom. The topological polar surface area (TPSA) is 56.1 Å². The van der Waals surface area contributed by atoms with Gasteiger partial charge in [0, 0.05) is 5.69 Å². The Hall–Kier alpha value is -3.32. The van der Waals surface area contributed by atoms with E-state index in [9.17, 15) is 10.1 Å². The molecule has 0 aliphatic carbocycles. The zero-order valence-electron chi connectivity index (χ0n) is 13.8. The lowest BCUT2D eigenvalue weighted by Gasteiger charge is -2.22. The first-order chi connectivity index (χ1) is 11.5. The van der Waals surface area contributed by atoms with Gasteiger partial charge in [-0.3, -0.25) is 4.90 Å². The number of anilines is 2. The molecule has 0 atom stereocenters. The van der Waals surface area contributed by atoms with Gasteiger partial charge in [-0.1, -0.05) is 48.0 Å². The first kappa shape index (κ1) is 17.0. The van der Waals surface area contributed by atoms with Crippen LogP contribution in [-0.2, 0) is 0 Å². The molecule has 4 nitrogen and oxygen atoms in total. The van der Waals surface area contributed by atoms with Gasteiger partial charge < -0.3 is 5.32 Å². The summed E-state index contributed by atoms with van der Waals surface area (Å²) in [6.07, 6.45) is 2.99. The number of benzene rings is 2.